The molecule has 0 radical (unpaired) electrons. The smallest absolute Gasteiger partial charge is 0.324 e. The molecule has 0 aromatic heterocycles. The quantitative estimate of drug-likeness (QED) is 0.579. The number of thiol groups is 1. The van der Waals surface area contributed by atoms with Gasteiger partial charge in [0.1, 0.15) is 6.04 Å². The highest BCUT2D eigenvalue weighted by molar-refractivity contribution is 7.89. The van der Waals surface area contributed by atoms with Gasteiger partial charge in [-0.05, 0) is 42.9 Å². The van der Waals surface area contributed by atoms with Crippen molar-refractivity contribution in [3.8, 4) is 0 Å². The molecule has 1 saturated heterocycles. The molecule has 9 heteroatoms. The SMILES string of the molecule is COC(=O)[C@@H]1CCCN1S(=O)(=O)c1ccc(NC(=O)CCS)cc1. The number of nitrogens with zero attached hydrogens (tertiary/aromatic N) is 1. The summed E-state index contributed by atoms with van der Waals surface area (Å²) in [5.41, 5.74) is 0.506. The van der Waals surface area contributed by atoms with Crippen molar-refractivity contribution in [2.75, 3.05) is 24.7 Å². The van der Waals surface area contributed by atoms with Crippen LogP contribution in [0, 0.1) is 0 Å². The lowest BCUT2D eigenvalue weighted by molar-refractivity contribution is -0.144. The molecule has 0 bridgehead atoms. The molecule has 1 aromatic rings. The van der Waals surface area contributed by atoms with Crippen molar-refractivity contribution in [2.24, 2.45) is 0 Å². The number of hydrogen-bond donors (Lipinski definition) is 2. The monoisotopic (exact) mass is 372 g/mol. The highest BCUT2D eigenvalue weighted by Crippen LogP contribution is 2.27. The maximum atomic E-state index is 12.7. The summed E-state index contributed by atoms with van der Waals surface area (Å²) >= 11 is 3.98. The molecule has 1 heterocycles. The molecule has 0 spiro atoms. The van der Waals surface area contributed by atoms with Crippen molar-refractivity contribution < 1.29 is 22.7 Å². The Morgan fingerprint density at radius 3 is 2.58 bits per heavy atom. The fraction of sp³-hybridized carbons (Fsp3) is 0.467. The standard InChI is InChI=1S/C15H20N2O5S2/c1-22-15(19)13-3-2-9-17(13)24(20,21)12-6-4-11(5-7-12)16-14(18)8-10-23/h4-7,13,23H,2-3,8-10H2,1H3,(H,16,18)/t13-/m0/s1. The molecule has 1 aliphatic rings. The summed E-state index contributed by atoms with van der Waals surface area (Å²) in [5, 5.41) is 2.66. The number of benzene rings is 1. The van der Waals surface area contributed by atoms with Crippen LogP contribution in [0.5, 0.6) is 0 Å². The van der Waals surface area contributed by atoms with E-state index >= 15 is 0 Å². The molecule has 0 saturated carbocycles. The van der Waals surface area contributed by atoms with Gasteiger partial charge in [0.25, 0.3) is 0 Å². The van der Waals surface area contributed by atoms with Gasteiger partial charge in [0.15, 0.2) is 0 Å². The van der Waals surface area contributed by atoms with Gasteiger partial charge in [-0.15, -0.1) is 0 Å². The van der Waals surface area contributed by atoms with Crippen LogP contribution in [0.3, 0.4) is 0 Å². The molecule has 132 valence electrons. The summed E-state index contributed by atoms with van der Waals surface area (Å²) < 4.78 is 31.3. The molecular weight excluding hydrogens is 352 g/mol. The fourth-order valence-corrected chi connectivity index (χ4v) is 4.42. The first kappa shape index (κ1) is 18.8. The Morgan fingerprint density at radius 2 is 2.00 bits per heavy atom. The minimum atomic E-state index is -3.79. The zero-order valence-electron chi connectivity index (χ0n) is 13.3. The van der Waals surface area contributed by atoms with Gasteiger partial charge >= 0.3 is 5.97 Å². The predicted molar refractivity (Wildman–Crippen MR) is 92.5 cm³/mol. The van der Waals surface area contributed by atoms with Crippen LogP contribution in [0.15, 0.2) is 29.2 Å². The lowest BCUT2D eigenvalue weighted by Gasteiger charge is -2.22. The van der Waals surface area contributed by atoms with Crippen LogP contribution in [0.2, 0.25) is 0 Å². The number of methoxy groups -OCH3 is 1. The molecule has 1 fully saturated rings. The van der Waals surface area contributed by atoms with Gasteiger partial charge in [-0.2, -0.15) is 16.9 Å². The number of ether oxygens (including phenoxy) is 1. The lowest BCUT2D eigenvalue weighted by atomic mass is 10.2. The Balaban J connectivity index is 2.17. The summed E-state index contributed by atoms with van der Waals surface area (Å²) in [6, 6.07) is 5.09. The van der Waals surface area contributed by atoms with E-state index in [1.54, 1.807) is 0 Å². The number of hydrogen-bond acceptors (Lipinski definition) is 6. The number of nitrogens with one attached hydrogen (secondary N) is 1. The summed E-state index contributed by atoms with van der Waals surface area (Å²) in [7, 11) is -2.55. The molecule has 1 aliphatic heterocycles. The van der Waals surface area contributed by atoms with E-state index in [4.69, 9.17) is 0 Å². The average Bonchev–Trinajstić information content (AvgIpc) is 3.05. The minimum Gasteiger partial charge on any atom is -0.468 e. The summed E-state index contributed by atoms with van der Waals surface area (Å²) in [5.74, 6) is -0.306. The van der Waals surface area contributed by atoms with Crippen molar-refractivity contribution in [2.45, 2.75) is 30.2 Å². The maximum Gasteiger partial charge on any atom is 0.324 e. The number of esters is 1. The van der Waals surface area contributed by atoms with E-state index in [0.29, 0.717) is 24.3 Å². The van der Waals surface area contributed by atoms with Crippen LogP contribution in [0.1, 0.15) is 19.3 Å². The normalized spacial score (nSPS) is 18.3. The second-order valence-electron chi connectivity index (χ2n) is 5.34. The Hall–Kier alpha value is -1.58. The summed E-state index contributed by atoms with van der Waals surface area (Å²) in [6.45, 7) is 0.280. The second-order valence-corrected chi connectivity index (χ2v) is 7.68. The van der Waals surface area contributed by atoms with Gasteiger partial charge in [-0.25, -0.2) is 8.42 Å². The number of anilines is 1. The van der Waals surface area contributed by atoms with Gasteiger partial charge in [0, 0.05) is 18.7 Å². The van der Waals surface area contributed by atoms with Crippen molar-refractivity contribution in [3.63, 3.8) is 0 Å². The predicted octanol–water partition coefficient (Wildman–Crippen LogP) is 1.27. The molecule has 0 unspecified atom stereocenters. The highest BCUT2D eigenvalue weighted by atomic mass is 32.2. The van der Waals surface area contributed by atoms with E-state index in [9.17, 15) is 18.0 Å². The van der Waals surface area contributed by atoms with E-state index in [0.717, 1.165) is 0 Å². The van der Waals surface area contributed by atoms with Crippen LogP contribution >= 0.6 is 12.6 Å². The molecule has 2 rings (SSSR count). The zero-order valence-corrected chi connectivity index (χ0v) is 15.0. The Kier molecular flexibility index (Phi) is 6.25. The van der Waals surface area contributed by atoms with E-state index < -0.39 is 22.0 Å². The summed E-state index contributed by atoms with van der Waals surface area (Å²) in [6.07, 6.45) is 1.33. The molecule has 7 nitrogen and oxygen atoms in total. The topological polar surface area (TPSA) is 92.8 Å². The summed E-state index contributed by atoms with van der Waals surface area (Å²) in [4.78, 5) is 23.3. The van der Waals surface area contributed by atoms with Crippen LogP contribution in [0.4, 0.5) is 5.69 Å². The third-order valence-electron chi connectivity index (χ3n) is 3.76. The number of carbonyl (C=O) groups excluding carboxylic acids is 2. The molecule has 1 atom stereocenters. The van der Waals surface area contributed by atoms with Crippen LogP contribution < -0.4 is 5.32 Å². The number of rotatable bonds is 6. The molecule has 1 aromatic carbocycles. The van der Waals surface area contributed by atoms with Gasteiger partial charge in [-0.1, -0.05) is 0 Å². The first-order valence-electron chi connectivity index (χ1n) is 7.50. The van der Waals surface area contributed by atoms with E-state index in [2.05, 4.69) is 22.7 Å². The maximum absolute atomic E-state index is 12.7. The third kappa shape index (κ3) is 4.08. The van der Waals surface area contributed by atoms with Gasteiger partial charge in [0.2, 0.25) is 15.9 Å². The van der Waals surface area contributed by atoms with Crippen molar-refractivity contribution in [3.05, 3.63) is 24.3 Å². The number of carbonyl (C=O) groups is 2. The number of amides is 1. The molecule has 1 N–H and O–H groups in total. The van der Waals surface area contributed by atoms with Gasteiger partial charge < -0.3 is 10.1 Å². The van der Waals surface area contributed by atoms with Crippen molar-refractivity contribution >= 4 is 40.2 Å². The van der Waals surface area contributed by atoms with Crippen molar-refractivity contribution in [1.82, 2.24) is 4.31 Å². The Bertz CT molecular complexity index is 703. The Morgan fingerprint density at radius 1 is 1.33 bits per heavy atom. The highest BCUT2D eigenvalue weighted by Gasteiger charge is 2.40. The average molecular weight is 372 g/mol. The number of sulfonamides is 1. The van der Waals surface area contributed by atoms with Crippen molar-refractivity contribution in [1.29, 1.82) is 0 Å². The first-order valence-corrected chi connectivity index (χ1v) is 9.58. The zero-order chi connectivity index (χ0) is 17.7. The second kappa shape index (κ2) is 8.00. The Labute approximate surface area is 146 Å². The largest absolute Gasteiger partial charge is 0.468 e. The van der Waals surface area contributed by atoms with E-state index in [1.807, 2.05) is 0 Å². The fourth-order valence-electron chi connectivity index (χ4n) is 2.57. The molecule has 24 heavy (non-hydrogen) atoms. The minimum absolute atomic E-state index is 0.0745. The van der Waals surface area contributed by atoms with Gasteiger partial charge in [-0.3, -0.25) is 9.59 Å². The van der Waals surface area contributed by atoms with Gasteiger partial charge in [0.05, 0.1) is 12.0 Å². The van der Waals surface area contributed by atoms with Crippen LogP contribution in [0.25, 0.3) is 0 Å². The molecule has 1 amide bonds. The van der Waals surface area contributed by atoms with E-state index in [1.165, 1.54) is 35.7 Å². The molecular formula is C15H20N2O5S2. The third-order valence-corrected chi connectivity index (χ3v) is 5.91. The van der Waals surface area contributed by atoms with E-state index in [-0.39, 0.29) is 23.8 Å². The molecule has 0 aliphatic carbocycles. The first-order chi connectivity index (χ1) is 11.4. The lowest BCUT2D eigenvalue weighted by Crippen LogP contribution is -2.41. The van der Waals surface area contributed by atoms with Crippen LogP contribution in [-0.4, -0.2) is 50.0 Å². The van der Waals surface area contributed by atoms with Crippen LogP contribution in [-0.2, 0) is 24.3 Å².